The molecule has 0 fully saturated rings. The summed E-state index contributed by atoms with van der Waals surface area (Å²) in [5, 5.41) is 3.51. The van der Waals surface area contributed by atoms with Crippen LogP contribution in [0.2, 0.25) is 0 Å². The predicted octanol–water partition coefficient (Wildman–Crippen LogP) is 4.14. The molecular formula is C18H13F6N5O2S. The van der Waals surface area contributed by atoms with Crippen LogP contribution in [0, 0.1) is 0 Å². The first-order valence-corrected chi connectivity index (χ1v) is 10.6. The molecule has 0 aliphatic rings. The second kappa shape index (κ2) is 6.92. The lowest BCUT2D eigenvalue weighted by Crippen LogP contribution is -2.14. The number of pyridine rings is 1. The van der Waals surface area contributed by atoms with Crippen molar-refractivity contribution in [3.05, 3.63) is 41.6 Å². The number of alkyl halides is 6. The molecule has 32 heavy (non-hydrogen) atoms. The molecule has 0 aliphatic heterocycles. The van der Waals surface area contributed by atoms with Crippen molar-refractivity contribution in [1.29, 1.82) is 0 Å². The number of sulfone groups is 1. The van der Waals surface area contributed by atoms with Crippen molar-refractivity contribution in [2.45, 2.75) is 24.3 Å². The van der Waals surface area contributed by atoms with E-state index < -0.39 is 44.1 Å². The summed E-state index contributed by atoms with van der Waals surface area (Å²) in [7, 11) is -2.65. The molecule has 0 spiro atoms. The molecule has 0 bridgehead atoms. The van der Waals surface area contributed by atoms with Gasteiger partial charge in [-0.1, -0.05) is 6.92 Å². The van der Waals surface area contributed by atoms with Crippen LogP contribution in [0.25, 0.3) is 28.0 Å². The van der Waals surface area contributed by atoms with E-state index in [0.717, 1.165) is 22.9 Å². The number of rotatable bonds is 3. The molecule has 0 radical (unpaired) electrons. The van der Waals surface area contributed by atoms with Crippen molar-refractivity contribution in [3.8, 4) is 5.95 Å². The highest BCUT2D eigenvalue weighted by Gasteiger charge is 2.34. The largest absolute Gasteiger partial charge is 0.417 e. The maximum absolute atomic E-state index is 13.1. The highest BCUT2D eigenvalue weighted by Crippen LogP contribution is 2.35. The van der Waals surface area contributed by atoms with Crippen molar-refractivity contribution in [2.75, 3.05) is 5.75 Å². The monoisotopic (exact) mass is 477 g/mol. The first-order chi connectivity index (χ1) is 14.7. The van der Waals surface area contributed by atoms with Gasteiger partial charge in [-0.2, -0.15) is 36.1 Å². The van der Waals surface area contributed by atoms with Crippen LogP contribution in [-0.2, 0) is 29.2 Å². The maximum Gasteiger partial charge on any atom is 0.417 e. The SMILES string of the molecule is CCS(=O)(=O)c1c2ccc(C(F)(F)F)cc2nn1-c1nc2cc(C(F)(F)F)cnc2n1C. The van der Waals surface area contributed by atoms with E-state index in [4.69, 9.17) is 0 Å². The summed E-state index contributed by atoms with van der Waals surface area (Å²) >= 11 is 0. The standard InChI is InChI=1S/C18H13F6N5O2S/c1-3-32(30,31)15-11-5-4-9(17(19,20)21)6-12(11)27-29(15)16-26-13-7-10(18(22,23)24)8-25-14(13)28(16)2/h4-8H,3H2,1-2H3. The Kier molecular flexibility index (Phi) is 4.77. The van der Waals surface area contributed by atoms with Crippen LogP contribution in [0.3, 0.4) is 0 Å². The zero-order chi connectivity index (χ0) is 23.6. The molecule has 3 aromatic heterocycles. The molecule has 0 unspecified atom stereocenters. The first kappa shape index (κ1) is 22.0. The number of benzene rings is 1. The van der Waals surface area contributed by atoms with Gasteiger partial charge in [0, 0.05) is 18.6 Å². The number of aromatic nitrogens is 5. The van der Waals surface area contributed by atoms with E-state index in [2.05, 4.69) is 15.1 Å². The number of hydrogen-bond donors (Lipinski definition) is 0. The van der Waals surface area contributed by atoms with Crippen LogP contribution in [0.1, 0.15) is 18.1 Å². The molecule has 170 valence electrons. The maximum atomic E-state index is 13.1. The normalized spacial score (nSPS) is 13.4. The lowest BCUT2D eigenvalue weighted by Gasteiger charge is -2.07. The topological polar surface area (TPSA) is 82.7 Å². The Morgan fingerprint density at radius 2 is 1.59 bits per heavy atom. The Bertz CT molecular complexity index is 1470. The highest BCUT2D eigenvalue weighted by molar-refractivity contribution is 7.91. The lowest BCUT2D eigenvalue weighted by atomic mass is 10.1. The predicted molar refractivity (Wildman–Crippen MR) is 101 cm³/mol. The molecule has 0 aliphatic carbocycles. The van der Waals surface area contributed by atoms with Crippen molar-refractivity contribution in [2.24, 2.45) is 7.05 Å². The number of nitrogens with zero attached hydrogens (tertiary/aromatic N) is 5. The van der Waals surface area contributed by atoms with Gasteiger partial charge in [-0.15, -0.1) is 0 Å². The van der Waals surface area contributed by atoms with Gasteiger partial charge < -0.3 is 0 Å². The van der Waals surface area contributed by atoms with Gasteiger partial charge in [-0.3, -0.25) is 4.57 Å². The zero-order valence-corrected chi connectivity index (χ0v) is 17.1. The van der Waals surface area contributed by atoms with E-state index in [1.54, 1.807) is 0 Å². The van der Waals surface area contributed by atoms with Crippen molar-refractivity contribution >= 4 is 31.9 Å². The number of aryl methyl sites for hydroxylation is 1. The van der Waals surface area contributed by atoms with E-state index >= 15 is 0 Å². The molecule has 14 heteroatoms. The number of hydrogen-bond acceptors (Lipinski definition) is 5. The van der Waals surface area contributed by atoms with Crippen LogP contribution in [0.15, 0.2) is 35.5 Å². The molecule has 4 rings (SSSR count). The summed E-state index contributed by atoms with van der Waals surface area (Å²) in [6.07, 6.45) is -8.76. The Hall–Kier alpha value is -3.16. The van der Waals surface area contributed by atoms with E-state index in [9.17, 15) is 34.8 Å². The summed E-state index contributed by atoms with van der Waals surface area (Å²) < 4.78 is 106. The average Bonchev–Trinajstić information content (AvgIpc) is 3.24. The van der Waals surface area contributed by atoms with Gasteiger partial charge >= 0.3 is 12.4 Å². The van der Waals surface area contributed by atoms with E-state index in [-0.39, 0.29) is 28.0 Å². The third-order valence-corrected chi connectivity index (χ3v) is 6.57. The van der Waals surface area contributed by atoms with Gasteiger partial charge in [0.2, 0.25) is 5.95 Å². The van der Waals surface area contributed by atoms with Gasteiger partial charge in [0.1, 0.15) is 5.52 Å². The summed E-state index contributed by atoms with van der Waals surface area (Å²) in [6, 6.07) is 3.16. The minimum atomic E-state index is -4.68. The van der Waals surface area contributed by atoms with Crippen LogP contribution in [-0.4, -0.2) is 38.5 Å². The minimum absolute atomic E-state index is 0.00313. The van der Waals surface area contributed by atoms with Crippen molar-refractivity contribution in [1.82, 2.24) is 24.3 Å². The average molecular weight is 477 g/mol. The molecule has 4 aromatic rings. The molecule has 1 aromatic carbocycles. The second-order valence-corrected chi connectivity index (χ2v) is 9.08. The van der Waals surface area contributed by atoms with Gasteiger partial charge in [0.05, 0.1) is 22.4 Å². The lowest BCUT2D eigenvalue weighted by molar-refractivity contribution is -0.138. The molecular weight excluding hydrogens is 464 g/mol. The third kappa shape index (κ3) is 3.47. The first-order valence-electron chi connectivity index (χ1n) is 8.97. The minimum Gasteiger partial charge on any atom is -0.296 e. The molecule has 0 saturated heterocycles. The van der Waals surface area contributed by atoms with Gasteiger partial charge in [-0.25, -0.2) is 18.4 Å². The van der Waals surface area contributed by atoms with Crippen LogP contribution in [0.4, 0.5) is 26.3 Å². The van der Waals surface area contributed by atoms with Crippen molar-refractivity contribution in [3.63, 3.8) is 0 Å². The molecule has 7 nitrogen and oxygen atoms in total. The van der Waals surface area contributed by atoms with Crippen LogP contribution in [0.5, 0.6) is 0 Å². The zero-order valence-electron chi connectivity index (χ0n) is 16.3. The Balaban J connectivity index is 2.04. The second-order valence-electron chi connectivity index (χ2n) is 6.89. The van der Waals surface area contributed by atoms with E-state index in [1.807, 2.05) is 0 Å². The van der Waals surface area contributed by atoms with Gasteiger partial charge in [-0.05, 0) is 24.3 Å². The molecule has 0 saturated carbocycles. The molecule has 0 N–H and O–H groups in total. The van der Waals surface area contributed by atoms with Gasteiger partial charge in [0.15, 0.2) is 20.5 Å². The van der Waals surface area contributed by atoms with Crippen LogP contribution >= 0.6 is 0 Å². The number of halogens is 6. The summed E-state index contributed by atoms with van der Waals surface area (Å²) in [6.45, 7) is 1.34. The molecule has 0 amide bonds. The third-order valence-electron chi connectivity index (χ3n) is 4.83. The van der Waals surface area contributed by atoms with E-state index in [1.165, 1.54) is 18.5 Å². The van der Waals surface area contributed by atoms with Gasteiger partial charge in [0.25, 0.3) is 0 Å². The summed E-state index contributed by atoms with van der Waals surface area (Å²) in [5.74, 6) is -0.613. The van der Waals surface area contributed by atoms with E-state index in [0.29, 0.717) is 12.3 Å². The number of fused-ring (bicyclic) bond motifs is 2. The number of imidazole rings is 1. The molecule has 3 heterocycles. The Morgan fingerprint density at radius 1 is 0.969 bits per heavy atom. The quantitative estimate of drug-likeness (QED) is 0.415. The fourth-order valence-electron chi connectivity index (χ4n) is 3.22. The van der Waals surface area contributed by atoms with Crippen LogP contribution < -0.4 is 0 Å². The summed E-state index contributed by atoms with van der Waals surface area (Å²) in [4.78, 5) is 7.79. The fraction of sp³-hybridized carbons (Fsp3) is 0.278. The Morgan fingerprint density at radius 3 is 2.19 bits per heavy atom. The smallest absolute Gasteiger partial charge is 0.296 e. The fourth-order valence-corrected chi connectivity index (χ4v) is 4.39. The molecule has 0 atom stereocenters. The highest BCUT2D eigenvalue weighted by atomic mass is 32.2. The summed E-state index contributed by atoms with van der Waals surface area (Å²) in [5.41, 5.74) is -2.54. The Labute approximate surface area is 176 Å². The van der Waals surface area contributed by atoms with Crippen molar-refractivity contribution < 1.29 is 34.8 Å².